The van der Waals surface area contributed by atoms with Crippen molar-refractivity contribution in [2.24, 2.45) is 0 Å². The normalized spacial score (nSPS) is 10.4. The Morgan fingerprint density at radius 1 is 1.15 bits per heavy atom. The third-order valence-corrected chi connectivity index (χ3v) is 4.93. The minimum absolute atomic E-state index is 0.0392. The number of halogens is 1. The molecule has 2 aromatic rings. The van der Waals surface area contributed by atoms with Gasteiger partial charge in [-0.05, 0) is 73.1 Å². The highest BCUT2D eigenvalue weighted by Crippen LogP contribution is 2.23. The fourth-order valence-corrected chi connectivity index (χ4v) is 3.09. The second-order valence-corrected chi connectivity index (χ2v) is 7.66. The standard InChI is InChI=1S/C20H23ClN2O3S/c1-14-13-15(21)6-11-18(14)26-12-4-5-19(24)22-16-7-9-17(10-8-16)27-20(25)23(2)3/h6-11,13H,4-5,12H2,1-3H3,(H,22,24). The molecule has 5 nitrogen and oxygen atoms in total. The first-order valence-corrected chi connectivity index (χ1v) is 9.72. The molecule has 0 aliphatic carbocycles. The van der Waals surface area contributed by atoms with Crippen LogP contribution in [0, 0.1) is 6.92 Å². The maximum absolute atomic E-state index is 12.0. The van der Waals surface area contributed by atoms with E-state index in [2.05, 4.69) is 5.32 Å². The molecule has 144 valence electrons. The van der Waals surface area contributed by atoms with E-state index in [0.717, 1.165) is 28.0 Å². The van der Waals surface area contributed by atoms with Gasteiger partial charge in [0.15, 0.2) is 0 Å². The fraction of sp³-hybridized carbons (Fsp3) is 0.300. The summed E-state index contributed by atoms with van der Waals surface area (Å²) in [5.74, 6) is 0.705. The number of benzene rings is 2. The van der Waals surface area contributed by atoms with Gasteiger partial charge in [-0.2, -0.15) is 0 Å². The van der Waals surface area contributed by atoms with Crippen molar-refractivity contribution in [3.05, 3.63) is 53.1 Å². The zero-order valence-corrected chi connectivity index (χ0v) is 17.2. The first kappa shape index (κ1) is 21.1. The highest BCUT2D eigenvalue weighted by atomic mass is 35.5. The number of aryl methyl sites for hydroxylation is 1. The van der Waals surface area contributed by atoms with Gasteiger partial charge in [0.2, 0.25) is 5.91 Å². The first-order valence-electron chi connectivity index (χ1n) is 8.53. The Labute approximate surface area is 169 Å². The Bertz CT molecular complexity index is 794. The molecule has 0 saturated heterocycles. The SMILES string of the molecule is Cc1cc(Cl)ccc1OCCCC(=O)Nc1ccc(SC(=O)N(C)C)cc1. The number of hydrogen-bond donors (Lipinski definition) is 1. The third kappa shape index (κ3) is 7.15. The molecule has 7 heteroatoms. The lowest BCUT2D eigenvalue weighted by Gasteiger charge is -2.10. The molecule has 0 spiro atoms. The number of ether oxygens (including phenoxy) is 1. The molecule has 2 rings (SSSR count). The van der Waals surface area contributed by atoms with Crippen molar-refractivity contribution in [2.75, 3.05) is 26.0 Å². The van der Waals surface area contributed by atoms with Gasteiger partial charge < -0.3 is 15.0 Å². The molecule has 0 heterocycles. The lowest BCUT2D eigenvalue weighted by atomic mass is 10.2. The van der Waals surface area contributed by atoms with Crippen molar-refractivity contribution in [2.45, 2.75) is 24.7 Å². The van der Waals surface area contributed by atoms with Gasteiger partial charge >= 0.3 is 0 Å². The highest BCUT2D eigenvalue weighted by Gasteiger charge is 2.08. The van der Waals surface area contributed by atoms with Crippen molar-refractivity contribution in [1.29, 1.82) is 0 Å². The fourth-order valence-electron chi connectivity index (χ4n) is 2.21. The molecule has 0 fully saturated rings. The van der Waals surface area contributed by atoms with Crippen LogP contribution in [-0.4, -0.2) is 36.7 Å². The smallest absolute Gasteiger partial charge is 0.285 e. The van der Waals surface area contributed by atoms with E-state index in [4.69, 9.17) is 16.3 Å². The van der Waals surface area contributed by atoms with Crippen LogP contribution in [0.5, 0.6) is 5.75 Å². The second-order valence-electron chi connectivity index (χ2n) is 6.20. The predicted octanol–water partition coefficient (Wildman–Crippen LogP) is 5.22. The van der Waals surface area contributed by atoms with Crippen LogP contribution in [0.4, 0.5) is 10.5 Å². The average molecular weight is 407 g/mol. The Morgan fingerprint density at radius 3 is 2.48 bits per heavy atom. The summed E-state index contributed by atoms with van der Waals surface area (Å²) in [6.07, 6.45) is 0.974. The summed E-state index contributed by atoms with van der Waals surface area (Å²) in [5.41, 5.74) is 1.67. The Kier molecular flexibility index (Phi) is 8.00. The van der Waals surface area contributed by atoms with Crippen molar-refractivity contribution in [3.8, 4) is 5.75 Å². The maximum Gasteiger partial charge on any atom is 0.285 e. The highest BCUT2D eigenvalue weighted by molar-refractivity contribution is 8.13. The summed E-state index contributed by atoms with van der Waals surface area (Å²) in [6.45, 7) is 2.39. The molecule has 2 amide bonds. The average Bonchev–Trinajstić information content (AvgIpc) is 2.61. The van der Waals surface area contributed by atoms with Crippen LogP contribution < -0.4 is 10.1 Å². The zero-order valence-electron chi connectivity index (χ0n) is 15.6. The predicted molar refractivity (Wildman–Crippen MR) is 111 cm³/mol. The monoisotopic (exact) mass is 406 g/mol. The molecule has 0 aromatic heterocycles. The summed E-state index contributed by atoms with van der Waals surface area (Å²) in [6, 6.07) is 12.7. The molecule has 0 radical (unpaired) electrons. The van der Waals surface area contributed by atoms with E-state index in [1.807, 2.05) is 31.2 Å². The largest absolute Gasteiger partial charge is 0.493 e. The van der Waals surface area contributed by atoms with Crippen molar-refractivity contribution >= 4 is 40.2 Å². The molecule has 0 unspecified atom stereocenters. The molecular formula is C20H23ClN2O3S. The van der Waals surface area contributed by atoms with Crippen LogP contribution >= 0.6 is 23.4 Å². The molecule has 0 aliphatic rings. The lowest BCUT2D eigenvalue weighted by Crippen LogP contribution is -2.16. The van der Waals surface area contributed by atoms with Crippen molar-refractivity contribution in [1.82, 2.24) is 4.90 Å². The molecule has 0 aliphatic heterocycles. The number of hydrogen-bond acceptors (Lipinski definition) is 4. The van der Waals surface area contributed by atoms with Crippen LogP contribution in [-0.2, 0) is 4.79 Å². The van der Waals surface area contributed by atoms with Gasteiger partial charge in [-0.25, -0.2) is 0 Å². The Hall–Kier alpha value is -2.18. The van der Waals surface area contributed by atoms with Crippen molar-refractivity contribution in [3.63, 3.8) is 0 Å². The number of anilines is 1. The number of carbonyl (C=O) groups is 2. The molecule has 27 heavy (non-hydrogen) atoms. The van der Waals surface area contributed by atoms with Crippen LogP contribution in [0.15, 0.2) is 47.4 Å². The molecular weight excluding hydrogens is 384 g/mol. The molecule has 0 bridgehead atoms. The van der Waals surface area contributed by atoms with Crippen LogP contribution in [0.3, 0.4) is 0 Å². The molecule has 1 N–H and O–H groups in total. The summed E-state index contributed by atoms with van der Waals surface area (Å²) in [5, 5.41) is 3.48. The molecule has 0 atom stereocenters. The van der Waals surface area contributed by atoms with Gasteiger partial charge in [-0.15, -0.1) is 0 Å². The number of nitrogens with zero attached hydrogens (tertiary/aromatic N) is 1. The number of nitrogens with one attached hydrogen (secondary N) is 1. The van der Waals surface area contributed by atoms with Gasteiger partial charge in [0, 0.05) is 36.1 Å². The van der Waals surface area contributed by atoms with E-state index < -0.39 is 0 Å². The summed E-state index contributed by atoms with van der Waals surface area (Å²) in [4.78, 5) is 26.1. The Morgan fingerprint density at radius 2 is 1.85 bits per heavy atom. The maximum atomic E-state index is 12.0. The third-order valence-electron chi connectivity index (χ3n) is 3.65. The summed E-state index contributed by atoms with van der Waals surface area (Å²) < 4.78 is 5.69. The number of amides is 2. The van der Waals surface area contributed by atoms with E-state index in [1.165, 1.54) is 4.90 Å². The quantitative estimate of drug-likeness (QED) is 0.505. The first-order chi connectivity index (χ1) is 12.8. The van der Waals surface area contributed by atoms with Gasteiger partial charge in [-0.1, -0.05) is 11.6 Å². The molecule has 2 aromatic carbocycles. The summed E-state index contributed by atoms with van der Waals surface area (Å²) in [7, 11) is 3.42. The topological polar surface area (TPSA) is 58.6 Å². The van der Waals surface area contributed by atoms with Gasteiger partial charge in [0.05, 0.1) is 6.61 Å². The zero-order chi connectivity index (χ0) is 19.8. The van der Waals surface area contributed by atoms with Crippen LogP contribution in [0.2, 0.25) is 5.02 Å². The van der Waals surface area contributed by atoms with E-state index in [0.29, 0.717) is 30.2 Å². The number of carbonyl (C=O) groups excluding carboxylic acids is 2. The van der Waals surface area contributed by atoms with E-state index in [1.54, 1.807) is 32.3 Å². The van der Waals surface area contributed by atoms with Crippen LogP contribution in [0.1, 0.15) is 18.4 Å². The summed E-state index contributed by atoms with van der Waals surface area (Å²) >= 11 is 7.06. The lowest BCUT2D eigenvalue weighted by molar-refractivity contribution is -0.116. The van der Waals surface area contributed by atoms with Gasteiger partial charge in [0.25, 0.3) is 5.24 Å². The Balaban J connectivity index is 1.73. The van der Waals surface area contributed by atoms with E-state index in [-0.39, 0.29) is 11.1 Å². The van der Waals surface area contributed by atoms with Crippen LogP contribution in [0.25, 0.3) is 0 Å². The second kappa shape index (κ2) is 10.2. The van der Waals surface area contributed by atoms with E-state index in [9.17, 15) is 9.59 Å². The minimum Gasteiger partial charge on any atom is -0.493 e. The number of rotatable bonds is 7. The van der Waals surface area contributed by atoms with Gasteiger partial charge in [0.1, 0.15) is 5.75 Å². The van der Waals surface area contributed by atoms with E-state index >= 15 is 0 Å². The minimum atomic E-state index is -0.0730. The molecule has 0 saturated carbocycles. The number of thioether (sulfide) groups is 1. The van der Waals surface area contributed by atoms with Gasteiger partial charge in [-0.3, -0.25) is 9.59 Å². The van der Waals surface area contributed by atoms with Crippen molar-refractivity contribution < 1.29 is 14.3 Å².